The van der Waals surface area contributed by atoms with Crippen LogP contribution in [-0.2, 0) is 19.6 Å². The normalized spacial score (nSPS) is 19.6. The topological polar surface area (TPSA) is 157 Å². The molecule has 1 fully saturated rings. The molecule has 1 aliphatic heterocycles. The number of amides is 1. The number of amidine groups is 1. The maximum absolute atomic E-state index is 12.2. The van der Waals surface area contributed by atoms with Gasteiger partial charge in [0.15, 0.2) is 5.84 Å². The Morgan fingerprint density at radius 2 is 2.00 bits per heavy atom. The van der Waals surface area contributed by atoms with Crippen LogP contribution in [-0.4, -0.2) is 50.9 Å². The van der Waals surface area contributed by atoms with E-state index in [1.54, 1.807) is 0 Å². The number of ether oxygens (including phenoxy) is 1. The molecule has 0 aromatic heterocycles. The summed E-state index contributed by atoms with van der Waals surface area (Å²) in [5.41, 5.74) is 4.52. The van der Waals surface area contributed by atoms with E-state index in [1.165, 1.54) is 0 Å². The van der Waals surface area contributed by atoms with Gasteiger partial charge in [-0.15, -0.1) is 0 Å². The zero-order valence-electron chi connectivity index (χ0n) is 11.0. The standard InChI is InChI=1S/C10H20N4O5S/c11-8(14-16)10(2-5-19-6-3-10)9(15)13-4-1-7-20(12,17)18/h16H,1-7H2,(H2,11,14)(H,13,15)(H2,12,17,18). The molecule has 1 saturated heterocycles. The van der Waals surface area contributed by atoms with Crippen molar-refractivity contribution in [3.8, 4) is 0 Å². The molecule has 116 valence electrons. The van der Waals surface area contributed by atoms with Gasteiger partial charge in [0.05, 0.1) is 5.75 Å². The summed E-state index contributed by atoms with van der Waals surface area (Å²) in [6.07, 6.45) is 0.821. The summed E-state index contributed by atoms with van der Waals surface area (Å²) in [7, 11) is -3.54. The first-order chi connectivity index (χ1) is 9.32. The number of hydrogen-bond donors (Lipinski definition) is 4. The van der Waals surface area contributed by atoms with Gasteiger partial charge < -0.3 is 21.0 Å². The quantitative estimate of drug-likeness (QED) is 0.151. The lowest BCUT2D eigenvalue weighted by molar-refractivity contribution is -0.131. The number of oxime groups is 1. The van der Waals surface area contributed by atoms with Gasteiger partial charge in [0.2, 0.25) is 15.9 Å². The number of nitrogens with two attached hydrogens (primary N) is 2. The van der Waals surface area contributed by atoms with E-state index in [9.17, 15) is 13.2 Å². The van der Waals surface area contributed by atoms with E-state index in [0.717, 1.165) is 0 Å². The average Bonchev–Trinajstić information content (AvgIpc) is 2.42. The van der Waals surface area contributed by atoms with Crippen LogP contribution in [0.2, 0.25) is 0 Å². The fourth-order valence-electron chi connectivity index (χ4n) is 2.06. The van der Waals surface area contributed by atoms with E-state index in [4.69, 9.17) is 20.8 Å². The number of sulfonamides is 1. The SMILES string of the molecule is NC(=NO)C1(C(=O)NCCCS(N)(=O)=O)CCOCC1. The van der Waals surface area contributed by atoms with Gasteiger partial charge >= 0.3 is 0 Å². The van der Waals surface area contributed by atoms with Crippen LogP contribution in [0.5, 0.6) is 0 Å². The lowest BCUT2D eigenvalue weighted by Crippen LogP contribution is -2.53. The van der Waals surface area contributed by atoms with Crippen LogP contribution in [0.25, 0.3) is 0 Å². The molecule has 0 bridgehead atoms. The molecule has 6 N–H and O–H groups in total. The van der Waals surface area contributed by atoms with Gasteiger partial charge in [-0.05, 0) is 19.3 Å². The highest BCUT2D eigenvalue weighted by Crippen LogP contribution is 2.31. The summed E-state index contributed by atoms with van der Waals surface area (Å²) in [5.74, 6) is -0.775. The van der Waals surface area contributed by atoms with Crippen LogP contribution in [0.1, 0.15) is 19.3 Å². The highest BCUT2D eigenvalue weighted by atomic mass is 32.2. The minimum atomic E-state index is -3.54. The predicted octanol–water partition coefficient (Wildman–Crippen LogP) is -1.68. The molecule has 20 heavy (non-hydrogen) atoms. The Labute approximate surface area is 117 Å². The maximum atomic E-state index is 12.2. The highest BCUT2D eigenvalue weighted by Gasteiger charge is 2.44. The van der Waals surface area contributed by atoms with Gasteiger partial charge in [0.25, 0.3) is 0 Å². The third-order valence-corrected chi connectivity index (χ3v) is 4.13. The number of nitrogens with zero attached hydrogens (tertiary/aromatic N) is 1. The molecule has 0 saturated carbocycles. The first kappa shape index (κ1) is 16.7. The van der Waals surface area contributed by atoms with Gasteiger partial charge in [0, 0.05) is 19.8 Å². The van der Waals surface area contributed by atoms with Gasteiger partial charge in [-0.3, -0.25) is 4.79 Å². The second kappa shape index (κ2) is 6.86. The van der Waals surface area contributed by atoms with Crippen molar-refractivity contribution >= 4 is 21.8 Å². The number of hydrogen-bond acceptors (Lipinski definition) is 6. The van der Waals surface area contributed by atoms with E-state index in [-0.39, 0.29) is 24.6 Å². The fraction of sp³-hybridized carbons (Fsp3) is 0.800. The van der Waals surface area contributed by atoms with Gasteiger partial charge in [-0.25, -0.2) is 13.6 Å². The maximum Gasteiger partial charge on any atom is 0.234 e. The number of nitrogens with one attached hydrogen (secondary N) is 1. The predicted molar refractivity (Wildman–Crippen MR) is 71.5 cm³/mol. The molecular weight excluding hydrogens is 288 g/mol. The molecular formula is C10H20N4O5S. The van der Waals surface area contributed by atoms with E-state index >= 15 is 0 Å². The van der Waals surface area contributed by atoms with Crippen molar-refractivity contribution < 1.29 is 23.2 Å². The fourth-order valence-corrected chi connectivity index (χ4v) is 2.61. The van der Waals surface area contributed by atoms with Gasteiger partial charge in [-0.2, -0.15) is 0 Å². The molecule has 10 heteroatoms. The van der Waals surface area contributed by atoms with Crippen LogP contribution in [0.4, 0.5) is 0 Å². The zero-order valence-corrected chi connectivity index (χ0v) is 11.9. The van der Waals surface area contributed by atoms with Gasteiger partial charge in [0.1, 0.15) is 5.41 Å². The number of carbonyl (C=O) groups is 1. The van der Waals surface area contributed by atoms with Crippen LogP contribution in [0.15, 0.2) is 5.16 Å². The third-order valence-electron chi connectivity index (χ3n) is 3.27. The Balaban J connectivity index is 2.61. The molecule has 1 heterocycles. The number of rotatable bonds is 6. The van der Waals surface area contributed by atoms with E-state index in [1.807, 2.05) is 0 Å². The minimum Gasteiger partial charge on any atom is -0.409 e. The number of carbonyl (C=O) groups excluding carboxylic acids is 1. The Hall–Kier alpha value is -1.39. The minimum absolute atomic E-state index is 0.149. The molecule has 9 nitrogen and oxygen atoms in total. The second-order valence-electron chi connectivity index (χ2n) is 4.66. The smallest absolute Gasteiger partial charge is 0.234 e. The monoisotopic (exact) mass is 308 g/mol. The molecule has 1 amide bonds. The Morgan fingerprint density at radius 3 is 2.50 bits per heavy atom. The highest BCUT2D eigenvalue weighted by molar-refractivity contribution is 7.89. The molecule has 1 aliphatic rings. The lowest BCUT2D eigenvalue weighted by Gasteiger charge is -2.34. The van der Waals surface area contributed by atoms with Crippen molar-refractivity contribution in [1.29, 1.82) is 0 Å². The third kappa shape index (κ3) is 4.32. The summed E-state index contributed by atoms with van der Waals surface area (Å²) in [4.78, 5) is 12.2. The van der Waals surface area contributed by atoms with Crippen LogP contribution < -0.4 is 16.2 Å². The summed E-state index contributed by atoms with van der Waals surface area (Å²) in [6.45, 7) is 0.818. The van der Waals surface area contributed by atoms with Crippen LogP contribution in [0.3, 0.4) is 0 Å². The van der Waals surface area contributed by atoms with Crippen molar-refractivity contribution in [3.63, 3.8) is 0 Å². The van der Waals surface area contributed by atoms with Crippen molar-refractivity contribution in [3.05, 3.63) is 0 Å². The lowest BCUT2D eigenvalue weighted by atomic mass is 9.78. The Morgan fingerprint density at radius 1 is 1.40 bits per heavy atom. The van der Waals surface area contributed by atoms with Crippen molar-refractivity contribution in [2.75, 3.05) is 25.5 Å². The zero-order chi connectivity index (χ0) is 15.2. The Bertz CT molecular complexity index is 470. The molecule has 0 atom stereocenters. The van der Waals surface area contributed by atoms with E-state index in [2.05, 4.69) is 10.5 Å². The summed E-state index contributed by atoms with van der Waals surface area (Å²) in [6, 6.07) is 0. The molecule has 1 rings (SSSR count). The molecule has 0 aromatic rings. The molecule has 0 radical (unpaired) electrons. The summed E-state index contributed by atoms with van der Waals surface area (Å²) in [5, 5.41) is 19.2. The van der Waals surface area contributed by atoms with E-state index in [0.29, 0.717) is 26.1 Å². The molecule has 0 aromatic carbocycles. The molecule has 0 unspecified atom stereocenters. The summed E-state index contributed by atoms with van der Waals surface area (Å²) < 4.78 is 26.7. The van der Waals surface area contributed by atoms with Crippen molar-refractivity contribution in [2.45, 2.75) is 19.3 Å². The number of primary sulfonamides is 1. The largest absolute Gasteiger partial charge is 0.409 e. The second-order valence-corrected chi connectivity index (χ2v) is 6.39. The van der Waals surface area contributed by atoms with Crippen LogP contribution >= 0.6 is 0 Å². The summed E-state index contributed by atoms with van der Waals surface area (Å²) >= 11 is 0. The first-order valence-corrected chi connectivity index (χ1v) is 7.88. The van der Waals surface area contributed by atoms with Crippen molar-refractivity contribution in [2.24, 2.45) is 21.4 Å². The average molecular weight is 308 g/mol. The van der Waals surface area contributed by atoms with E-state index < -0.39 is 21.3 Å². The first-order valence-electron chi connectivity index (χ1n) is 6.16. The Kier molecular flexibility index (Phi) is 5.72. The molecule has 0 spiro atoms. The molecule has 0 aliphatic carbocycles. The van der Waals surface area contributed by atoms with Crippen molar-refractivity contribution in [1.82, 2.24) is 5.32 Å². The van der Waals surface area contributed by atoms with Crippen LogP contribution in [0, 0.1) is 5.41 Å². The van der Waals surface area contributed by atoms with Gasteiger partial charge in [-0.1, -0.05) is 5.16 Å².